The Hall–Kier alpha value is -3.38. The first-order chi connectivity index (χ1) is 15.6. The van der Waals surface area contributed by atoms with Crippen LogP contribution in [-0.4, -0.2) is 25.1 Å². The molecule has 32 heavy (non-hydrogen) atoms. The maximum absolute atomic E-state index is 12.6. The number of esters is 1. The fraction of sp³-hybridized carbons (Fsp3) is 0.231. The molecule has 3 aromatic rings. The monoisotopic (exact) mass is 449 g/mol. The number of unbranched alkanes of at least 4 members (excludes halogenated alkanes) is 1. The molecule has 3 rings (SSSR count). The van der Waals surface area contributed by atoms with E-state index in [1.807, 2.05) is 60.0 Å². The Kier molecular flexibility index (Phi) is 8.63. The number of carbonyl (C=O) groups is 2. The summed E-state index contributed by atoms with van der Waals surface area (Å²) in [6.45, 7) is 4.83. The fourth-order valence-corrected chi connectivity index (χ4v) is 3.98. The van der Waals surface area contributed by atoms with Gasteiger partial charge in [0.15, 0.2) is 0 Å². The van der Waals surface area contributed by atoms with E-state index in [0.717, 1.165) is 35.3 Å². The highest BCUT2D eigenvalue weighted by Gasteiger charge is 2.22. The summed E-state index contributed by atoms with van der Waals surface area (Å²) in [7, 11) is 0. The summed E-state index contributed by atoms with van der Waals surface area (Å²) < 4.78 is 10.9. The largest absolute Gasteiger partial charge is 0.494 e. The number of nitrogens with one attached hydrogen (secondary N) is 1. The number of carbonyl (C=O) groups excluding carboxylic acids is 2. The predicted octanol–water partition coefficient (Wildman–Crippen LogP) is 6.42. The SMILES string of the molecule is CCCCOc1ccc(C=CC(=O)Nc2scc(-c3ccccc3)c2C(=O)OCC)cc1. The molecule has 0 saturated heterocycles. The van der Waals surface area contributed by atoms with E-state index in [2.05, 4.69) is 12.2 Å². The Bertz CT molecular complexity index is 1060. The minimum absolute atomic E-state index is 0.258. The second-order valence-electron chi connectivity index (χ2n) is 7.03. The van der Waals surface area contributed by atoms with Gasteiger partial charge in [-0.25, -0.2) is 4.79 Å². The van der Waals surface area contributed by atoms with Gasteiger partial charge in [0.1, 0.15) is 16.3 Å². The molecule has 0 aliphatic rings. The van der Waals surface area contributed by atoms with E-state index in [0.29, 0.717) is 17.2 Å². The first-order valence-electron chi connectivity index (χ1n) is 10.7. The van der Waals surface area contributed by atoms with E-state index in [1.165, 1.54) is 17.4 Å². The Labute approximate surface area is 192 Å². The predicted molar refractivity (Wildman–Crippen MR) is 130 cm³/mol. The zero-order chi connectivity index (χ0) is 22.8. The molecule has 1 aromatic heterocycles. The Morgan fingerprint density at radius 3 is 2.47 bits per heavy atom. The van der Waals surface area contributed by atoms with Crippen molar-refractivity contribution in [1.82, 2.24) is 0 Å². The van der Waals surface area contributed by atoms with Crippen molar-refractivity contribution in [3.8, 4) is 16.9 Å². The second-order valence-corrected chi connectivity index (χ2v) is 7.91. The van der Waals surface area contributed by atoms with Gasteiger partial charge in [-0.15, -0.1) is 11.3 Å². The normalized spacial score (nSPS) is 10.8. The third-order valence-corrected chi connectivity index (χ3v) is 5.56. The summed E-state index contributed by atoms with van der Waals surface area (Å²) in [5.41, 5.74) is 2.89. The molecule has 5 nitrogen and oxygen atoms in total. The maximum atomic E-state index is 12.6. The van der Waals surface area contributed by atoms with Crippen molar-refractivity contribution in [1.29, 1.82) is 0 Å². The molecule has 2 aromatic carbocycles. The Morgan fingerprint density at radius 1 is 1.03 bits per heavy atom. The molecular formula is C26H27NO4S. The number of anilines is 1. The number of rotatable bonds is 10. The lowest BCUT2D eigenvalue weighted by Gasteiger charge is -2.08. The van der Waals surface area contributed by atoms with Gasteiger partial charge in [0.2, 0.25) is 5.91 Å². The molecule has 0 aliphatic carbocycles. The fourth-order valence-electron chi connectivity index (χ4n) is 3.02. The standard InChI is InChI=1S/C26H27NO4S/c1-3-5-17-31-21-14-11-19(12-15-21)13-16-23(28)27-25-24(26(29)30-4-2)22(18-32-25)20-9-7-6-8-10-20/h6-16,18H,3-5,17H2,1-2H3,(H,27,28). The first kappa shape index (κ1) is 23.3. The summed E-state index contributed by atoms with van der Waals surface area (Å²) >= 11 is 1.30. The summed E-state index contributed by atoms with van der Waals surface area (Å²) in [5, 5.41) is 5.15. The average Bonchev–Trinajstić information content (AvgIpc) is 3.23. The van der Waals surface area contributed by atoms with Crippen LogP contribution in [0.25, 0.3) is 17.2 Å². The highest BCUT2D eigenvalue weighted by molar-refractivity contribution is 7.15. The number of ether oxygens (including phenoxy) is 2. The molecule has 166 valence electrons. The van der Waals surface area contributed by atoms with Crippen molar-refractivity contribution < 1.29 is 19.1 Å². The van der Waals surface area contributed by atoms with Crippen molar-refractivity contribution >= 4 is 34.3 Å². The molecule has 6 heteroatoms. The second kappa shape index (κ2) is 11.9. The minimum atomic E-state index is -0.453. The van der Waals surface area contributed by atoms with Crippen LogP contribution < -0.4 is 10.1 Å². The molecule has 0 bridgehead atoms. The first-order valence-corrected chi connectivity index (χ1v) is 11.6. The molecule has 0 saturated carbocycles. The van der Waals surface area contributed by atoms with E-state index in [-0.39, 0.29) is 12.5 Å². The van der Waals surface area contributed by atoms with Crippen LogP contribution in [0.4, 0.5) is 5.00 Å². The third kappa shape index (κ3) is 6.31. The van der Waals surface area contributed by atoms with Crippen LogP contribution in [0, 0.1) is 0 Å². The maximum Gasteiger partial charge on any atom is 0.341 e. The zero-order valence-corrected chi connectivity index (χ0v) is 19.1. The third-order valence-electron chi connectivity index (χ3n) is 4.67. The average molecular weight is 450 g/mol. The number of thiophene rings is 1. The van der Waals surface area contributed by atoms with Gasteiger partial charge in [-0.2, -0.15) is 0 Å². The number of hydrogen-bond donors (Lipinski definition) is 1. The summed E-state index contributed by atoms with van der Waals surface area (Å²) in [4.78, 5) is 25.1. The van der Waals surface area contributed by atoms with Crippen LogP contribution in [0.1, 0.15) is 42.6 Å². The lowest BCUT2D eigenvalue weighted by atomic mass is 10.0. The number of hydrogen-bond acceptors (Lipinski definition) is 5. The van der Waals surface area contributed by atoms with Crippen molar-refractivity contribution in [2.45, 2.75) is 26.7 Å². The van der Waals surface area contributed by atoms with Crippen LogP contribution in [0.3, 0.4) is 0 Å². The van der Waals surface area contributed by atoms with Gasteiger partial charge in [-0.1, -0.05) is 55.8 Å². The van der Waals surface area contributed by atoms with Gasteiger partial charge in [-0.3, -0.25) is 4.79 Å². The molecule has 1 N–H and O–H groups in total. The lowest BCUT2D eigenvalue weighted by Crippen LogP contribution is -2.12. The van der Waals surface area contributed by atoms with Crippen molar-refractivity contribution in [2.24, 2.45) is 0 Å². The van der Waals surface area contributed by atoms with Crippen LogP contribution in [0.2, 0.25) is 0 Å². The number of benzene rings is 2. The van der Waals surface area contributed by atoms with Gasteiger partial charge in [0.25, 0.3) is 0 Å². The highest BCUT2D eigenvalue weighted by atomic mass is 32.1. The van der Waals surface area contributed by atoms with Crippen LogP contribution >= 0.6 is 11.3 Å². The summed E-state index contributed by atoms with van der Waals surface area (Å²) in [5.74, 6) is 0.0389. The van der Waals surface area contributed by atoms with Crippen molar-refractivity contribution in [2.75, 3.05) is 18.5 Å². The highest BCUT2D eigenvalue weighted by Crippen LogP contribution is 2.36. The Morgan fingerprint density at radius 2 is 1.78 bits per heavy atom. The number of amides is 1. The molecule has 0 radical (unpaired) electrons. The molecule has 0 unspecified atom stereocenters. The van der Waals surface area contributed by atoms with Gasteiger partial charge in [0, 0.05) is 17.0 Å². The van der Waals surface area contributed by atoms with Crippen molar-refractivity contribution in [3.05, 3.63) is 77.2 Å². The topological polar surface area (TPSA) is 64.6 Å². The lowest BCUT2D eigenvalue weighted by molar-refractivity contribution is -0.111. The molecular weight excluding hydrogens is 422 g/mol. The molecule has 0 fully saturated rings. The van der Waals surface area contributed by atoms with Gasteiger partial charge < -0.3 is 14.8 Å². The van der Waals surface area contributed by atoms with E-state index in [1.54, 1.807) is 13.0 Å². The molecule has 0 aliphatic heterocycles. The van der Waals surface area contributed by atoms with E-state index in [9.17, 15) is 9.59 Å². The van der Waals surface area contributed by atoms with E-state index < -0.39 is 5.97 Å². The molecule has 1 heterocycles. The van der Waals surface area contributed by atoms with E-state index in [4.69, 9.17) is 9.47 Å². The smallest absolute Gasteiger partial charge is 0.341 e. The molecule has 1 amide bonds. The summed E-state index contributed by atoms with van der Waals surface area (Å²) in [6, 6.07) is 17.1. The minimum Gasteiger partial charge on any atom is -0.494 e. The quantitative estimate of drug-likeness (QED) is 0.220. The van der Waals surface area contributed by atoms with Gasteiger partial charge in [-0.05, 0) is 42.7 Å². The van der Waals surface area contributed by atoms with Crippen LogP contribution in [-0.2, 0) is 9.53 Å². The van der Waals surface area contributed by atoms with Gasteiger partial charge >= 0.3 is 5.97 Å². The van der Waals surface area contributed by atoms with Crippen LogP contribution in [0.5, 0.6) is 5.75 Å². The Balaban J connectivity index is 1.71. The summed E-state index contributed by atoms with van der Waals surface area (Å²) in [6.07, 6.45) is 5.28. The van der Waals surface area contributed by atoms with Crippen molar-refractivity contribution in [3.63, 3.8) is 0 Å². The molecule has 0 spiro atoms. The zero-order valence-electron chi connectivity index (χ0n) is 18.3. The van der Waals surface area contributed by atoms with Crippen LogP contribution in [0.15, 0.2) is 66.1 Å². The van der Waals surface area contributed by atoms with Gasteiger partial charge in [0.05, 0.1) is 13.2 Å². The molecule has 0 atom stereocenters. The van der Waals surface area contributed by atoms with E-state index >= 15 is 0 Å².